The number of hydrogen-bond donors (Lipinski definition) is 0. The van der Waals surface area contributed by atoms with E-state index >= 15 is 0 Å². The topological polar surface area (TPSA) is 44.1 Å². The highest BCUT2D eigenvalue weighted by Crippen LogP contribution is 2.33. The van der Waals surface area contributed by atoms with E-state index in [4.69, 9.17) is 16.3 Å². The molecule has 0 bridgehead atoms. The molecule has 0 atom stereocenters. The van der Waals surface area contributed by atoms with Crippen molar-refractivity contribution in [2.24, 2.45) is 5.92 Å². The molecule has 0 unspecified atom stereocenters. The maximum Gasteiger partial charge on any atom is 0.223 e. The van der Waals surface area contributed by atoms with Crippen LogP contribution in [0, 0.1) is 12.8 Å². The predicted octanol–water partition coefficient (Wildman–Crippen LogP) is 6.72. The van der Waals surface area contributed by atoms with Crippen LogP contribution in [-0.2, 0) is 6.54 Å². The number of carbonyl (C=O) groups excluding carboxylic acids is 1. The van der Waals surface area contributed by atoms with Gasteiger partial charge in [0.1, 0.15) is 5.56 Å². The number of nitrogens with zero attached hydrogens (tertiary/aromatic N) is 2. The van der Waals surface area contributed by atoms with Crippen molar-refractivity contribution in [2.45, 2.75) is 67.9 Å². The number of aromatic nitrogens is 2. The third-order valence-corrected chi connectivity index (χ3v) is 5.41. The number of benzene rings is 1. The van der Waals surface area contributed by atoms with Crippen molar-refractivity contribution in [2.75, 3.05) is 6.61 Å². The van der Waals surface area contributed by atoms with Crippen LogP contribution in [-0.4, -0.2) is 22.2 Å². The molecule has 0 aliphatic rings. The molecular weight excluding hydrogens is 384 g/mol. The predicted molar refractivity (Wildman–Crippen MR) is 121 cm³/mol. The molecule has 4 nitrogen and oxygen atoms in total. The highest BCUT2D eigenvalue weighted by Gasteiger charge is 2.24. The molecule has 158 valence electrons. The monoisotopic (exact) mass is 416 g/mol. The van der Waals surface area contributed by atoms with Gasteiger partial charge in [-0.25, -0.2) is 4.68 Å². The lowest BCUT2D eigenvalue weighted by Gasteiger charge is -2.16. The Balaban J connectivity index is 2.53. The lowest BCUT2D eigenvalue weighted by molar-refractivity contribution is 0.103. The molecule has 0 fully saturated rings. The average Bonchev–Trinajstić information content (AvgIpc) is 3.03. The number of allylic oxidation sites excluding steroid dienone is 2. The van der Waals surface area contributed by atoms with Gasteiger partial charge in [0.25, 0.3) is 0 Å². The van der Waals surface area contributed by atoms with Crippen LogP contribution in [0.15, 0.2) is 23.9 Å². The molecular formula is C24H33ClN2O2. The van der Waals surface area contributed by atoms with E-state index < -0.39 is 0 Å². The lowest BCUT2D eigenvalue weighted by Crippen LogP contribution is -2.13. The minimum Gasteiger partial charge on any atom is -0.477 e. The van der Waals surface area contributed by atoms with Gasteiger partial charge >= 0.3 is 0 Å². The number of hydrogen-bond acceptors (Lipinski definition) is 3. The summed E-state index contributed by atoms with van der Waals surface area (Å²) in [6.45, 7) is 15.7. The van der Waals surface area contributed by atoms with Gasteiger partial charge in [-0.15, -0.1) is 0 Å². The van der Waals surface area contributed by atoms with E-state index in [0.29, 0.717) is 41.1 Å². The van der Waals surface area contributed by atoms with E-state index in [2.05, 4.69) is 39.7 Å². The SMILES string of the molecule is CCCCOc1c(C(=O)c2ccc(Cl)c(C(C)=C(C)C)c2C)cnn1CC(C)C. The van der Waals surface area contributed by atoms with Crippen molar-refractivity contribution < 1.29 is 9.53 Å². The first-order chi connectivity index (χ1) is 13.7. The zero-order valence-electron chi connectivity index (χ0n) is 18.7. The molecule has 0 spiro atoms. The number of carbonyl (C=O) groups is 1. The molecule has 0 saturated carbocycles. The number of unbranched alkanes of at least 4 members (excludes halogenated alkanes) is 1. The van der Waals surface area contributed by atoms with Crippen LogP contribution >= 0.6 is 11.6 Å². The molecule has 0 radical (unpaired) electrons. The average molecular weight is 417 g/mol. The summed E-state index contributed by atoms with van der Waals surface area (Å²) in [7, 11) is 0. The Kier molecular flexibility index (Phi) is 8.09. The molecule has 0 aliphatic heterocycles. The smallest absolute Gasteiger partial charge is 0.223 e. The first kappa shape index (κ1) is 23.2. The molecule has 0 saturated heterocycles. The lowest BCUT2D eigenvalue weighted by atomic mass is 9.92. The van der Waals surface area contributed by atoms with Crippen LogP contribution in [0.3, 0.4) is 0 Å². The Morgan fingerprint density at radius 1 is 1.21 bits per heavy atom. The first-order valence-corrected chi connectivity index (χ1v) is 10.7. The minimum absolute atomic E-state index is 0.0801. The molecule has 5 heteroatoms. The molecule has 1 heterocycles. The molecule has 0 N–H and O–H groups in total. The summed E-state index contributed by atoms with van der Waals surface area (Å²) in [5.41, 5.74) is 5.23. The summed E-state index contributed by atoms with van der Waals surface area (Å²) in [5.74, 6) is 0.881. The van der Waals surface area contributed by atoms with Gasteiger partial charge in [-0.2, -0.15) is 5.10 Å². The van der Waals surface area contributed by atoms with Crippen molar-refractivity contribution in [3.63, 3.8) is 0 Å². The molecule has 29 heavy (non-hydrogen) atoms. The number of halogens is 1. The number of rotatable bonds is 9. The van der Waals surface area contributed by atoms with E-state index in [9.17, 15) is 4.79 Å². The van der Waals surface area contributed by atoms with E-state index in [0.717, 1.165) is 29.5 Å². The number of ketones is 1. The van der Waals surface area contributed by atoms with E-state index in [-0.39, 0.29) is 5.78 Å². The maximum absolute atomic E-state index is 13.5. The third kappa shape index (κ3) is 5.30. The summed E-state index contributed by atoms with van der Waals surface area (Å²) < 4.78 is 7.82. The first-order valence-electron chi connectivity index (χ1n) is 10.4. The summed E-state index contributed by atoms with van der Waals surface area (Å²) in [5, 5.41) is 5.11. The summed E-state index contributed by atoms with van der Waals surface area (Å²) in [6, 6.07) is 3.61. The Morgan fingerprint density at radius 3 is 2.48 bits per heavy atom. The Morgan fingerprint density at radius 2 is 1.90 bits per heavy atom. The highest BCUT2D eigenvalue weighted by atomic mass is 35.5. The van der Waals surface area contributed by atoms with Gasteiger partial charge in [0.2, 0.25) is 5.88 Å². The van der Waals surface area contributed by atoms with Crippen molar-refractivity contribution in [1.82, 2.24) is 9.78 Å². The quantitative estimate of drug-likeness (QED) is 0.336. The van der Waals surface area contributed by atoms with Crippen molar-refractivity contribution in [1.29, 1.82) is 0 Å². The Bertz CT molecular complexity index is 906. The van der Waals surface area contributed by atoms with Crippen LogP contribution in [0.4, 0.5) is 0 Å². The Labute approximate surface area is 179 Å². The van der Waals surface area contributed by atoms with Gasteiger partial charge in [-0.1, -0.05) is 44.4 Å². The maximum atomic E-state index is 13.5. The van der Waals surface area contributed by atoms with Gasteiger partial charge in [0.15, 0.2) is 5.78 Å². The molecule has 2 rings (SSSR count). The van der Waals surface area contributed by atoms with E-state index in [1.54, 1.807) is 23.0 Å². The standard InChI is InChI=1S/C24H33ClN2O2/c1-8-9-12-29-24-20(13-26-27(24)14-15(2)3)23(28)19-10-11-21(25)22(18(19)7)17(6)16(4)5/h10-11,13,15H,8-9,12,14H2,1-7H3. The highest BCUT2D eigenvalue weighted by molar-refractivity contribution is 6.32. The fourth-order valence-corrected chi connectivity index (χ4v) is 3.60. The molecule has 0 amide bonds. The molecule has 1 aromatic heterocycles. The summed E-state index contributed by atoms with van der Waals surface area (Å²) in [6.07, 6.45) is 3.60. The van der Waals surface area contributed by atoms with Crippen LogP contribution in [0.2, 0.25) is 5.02 Å². The van der Waals surface area contributed by atoms with Crippen LogP contribution < -0.4 is 4.74 Å². The third-order valence-electron chi connectivity index (χ3n) is 5.09. The zero-order valence-corrected chi connectivity index (χ0v) is 19.5. The van der Waals surface area contributed by atoms with Crippen molar-refractivity contribution in [3.8, 4) is 5.88 Å². The van der Waals surface area contributed by atoms with Gasteiger partial charge < -0.3 is 4.74 Å². The van der Waals surface area contributed by atoms with Gasteiger partial charge in [-0.05, 0) is 68.9 Å². The van der Waals surface area contributed by atoms with Crippen molar-refractivity contribution in [3.05, 3.63) is 51.2 Å². The van der Waals surface area contributed by atoms with E-state index in [1.807, 2.05) is 13.8 Å². The summed E-state index contributed by atoms with van der Waals surface area (Å²) in [4.78, 5) is 13.5. The van der Waals surface area contributed by atoms with Gasteiger partial charge in [-0.3, -0.25) is 4.79 Å². The molecule has 1 aromatic carbocycles. The van der Waals surface area contributed by atoms with Crippen molar-refractivity contribution >= 4 is 23.0 Å². The second-order valence-corrected chi connectivity index (χ2v) is 8.60. The zero-order chi connectivity index (χ0) is 21.7. The Hall–Kier alpha value is -2.07. The van der Waals surface area contributed by atoms with Gasteiger partial charge in [0, 0.05) is 17.1 Å². The minimum atomic E-state index is -0.0801. The van der Waals surface area contributed by atoms with Crippen LogP contribution in [0.1, 0.15) is 81.4 Å². The normalized spacial score (nSPS) is 11.1. The largest absolute Gasteiger partial charge is 0.477 e. The fraction of sp³-hybridized carbons (Fsp3) is 0.500. The van der Waals surface area contributed by atoms with Gasteiger partial charge in [0.05, 0.1) is 12.8 Å². The van der Waals surface area contributed by atoms with E-state index in [1.165, 1.54) is 5.57 Å². The second-order valence-electron chi connectivity index (χ2n) is 8.19. The molecule has 2 aromatic rings. The number of ether oxygens (including phenoxy) is 1. The molecule has 0 aliphatic carbocycles. The second kappa shape index (κ2) is 10.1. The van der Waals surface area contributed by atoms with Crippen LogP contribution in [0.5, 0.6) is 5.88 Å². The summed E-state index contributed by atoms with van der Waals surface area (Å²) >= 11 is 6.48. The van der Waals surface area contributed by atoms with Crippen LogP contribution in [0.25, 0.3) is 5.57 Å². The fourth-order valence-electron chi connectivity index (χ4n) is 3.25.